The van der Waals surface area contributed by atoms with Crippen molar-refractivity contribution in [3.05, 3.63) is 38.8 Å². The van der Waals surface area contributed by atoms with Gasteiger partial charge < -0.3 is 15.8 Å². The SMILES string of the molecule is O=C(O)CCCCCNn1c(=O)c2cc(F)c(NC3CCCCC3)cc2n(C2CCCC2)c1=O. The van der Waals surface area contributed by atoms with E-state index in [2.05, 4.69) is 10.7 Å². The summed E-state index contributed by atoms with van der Waals surface area (Å²) in [6, 6.07) is 3.10. The molecule has 2 aliphatic rings. The lowest BCUT2D eigenvalue weighted by atomic mass is 9.95. The van der Waals surface area contributed by atoms with E-state index in [1.165, 1.54) is 12.5 Å². The van der Waals surface area contributed by atoms with Gasteiger partial charge in [-0.2, -0.15) is 4.68 Å². The molecular weight excluding hydrogens is 439 g/mol. The third kappa shape index (κ3) is 5.45. The molecule has 0 amide bonds. The molecular formula is C25H35FN4O4. The van der Waals surface area contributed by atoms with Crippen molar-refractivity contribution in [2.75, 3.05) is 17.3 Å². The fourth-order valence-electron chi connectivity index (χ4n) is 5.35. The second-order valence-corrected chi connectivity index (χ2v) is 9.67. The second kappa shape index (κ2) is 11.1. The molecule has 0 bridgehead atoms. The molecule has 2 saturated carbocycles. The summed E-state index contributed by atoms with van der Waals surface area (Å²) in [4.78, 5) is 37.3. The van der Waals surface area contributed by atoms with Gasteiger partial charge in [0.25, 0.3) is 5.56 Å². The Morgan fingerprint density at radius 3 is 2.41 bits per heavy atom. The first kappa shape index (κ1) is 24.3. The third-order valence-electron chi connectivity index (χ3n) is 7.17. The van der Waals surface area contributed by atoms with E-state index in [4.69, 9.17) is 5.11 Å². The molecule has 0 atom stereocenters. The van der Waals surface area contributed by atoms with Crippen LogP contribution in [0.3, 0.4) is 0 Å². The molecule has 2 aliphatic carbocycles. The highest BCUT2D eigenvalue weighted by molar-refractivity contribution is 5.82. The number of nitrogens with one attached hydrogen (secondary N) is 2. The molecule has 3 N–H and O–H groups in total. The number of unbranched alkanes of at least 4 members (excludes halogenated alkanes) is 2. The number of aliphatic carboxylic acids is 1. The monoisotopic (exact) mass is 474 g/mol. The van der Waals surface area contributed by atoms with Gasteiger partial charge in [0.2, 0.25) is 0 Å². The number of hydrogen-bond acceptors (Lipinski definition) is 5. The summed E-state index contributed by atoms with van der Waals surface area (Å²) in [5.41, 5.74) is 2.77. The van der Waals surface area contributed by atoms with Gasteiger partial charge in [0.05, 0.1) is 16.6 Å². The van der Waals surface area contributed by atoms with Gasteiger partial charge in [-0.05, 0) is 50.7 Å². The number of nitrogens with zero attached hydrogens (tertiary/aromatic N) is 2. The van der Waals surface area contributed by atoms with Crippen LogP contribution in [0.5, 0.6) is 0 Å². The van der Waals surface area contributed by atoms with Crippen molar-refractivity contribution in [1.29, 1.82) is 0 Å². The van der Waals surface area contributed by atoms with Crippen molar-refractivity contribution in [3.8, 4) is 0 Å². The van der Waals surface area contributed by atoms with E-state index in [9.17, 15) is 14.4 Å². The molecule has 0 aliphatic heterocycles. The number of aromatic nitrogens is 2. The predicted molar refractivity (Wildman–Crippen MR) is 131 cm³/mol. The Kier molecular flexibility index (Phi) is 7.90. The van der Waals surface area contributed by atoms with Crippen LogP contribution >= 0.6 is 0 Å². The average Bonchev–Trinajstić information content (AvgIpc) is 3.34. The minimum Gasteiger partial charge on any atom is -0.481 e. The average molecular weight is 475 g/mol. The van der Waals surface area contributed by atoms with Crippen molar-refractivity contribution in [2.45, 2.75) is 95.6 Å². The van der Waals surface area contributed by atoms with Crippen LogP contribution in [0.1, 0.15) is 89.5 Å². The van der Waals surface area contributed by atoms with Crippen molar-refractivity contribution in [1.82, 2.24) is 9.24 Å². The van der Waals surface area contributed by atoms with E-state index in [-0.39, 0.29) is 23.9 Å². The van der Waals surface area contributed by atoms with Gasteiger partial charge in [-0.3, -0.25) is 14.2 Å². The smallest absolute Gasteiger partial charge is 0.350 e. The zero-order valence-corrected chi connectivity index (χ0v) is 19.7. The fraction of sp³-hybridized carbons (Fsp3) is 0.640. The number of rotatable bonds is 10. The van der Waals surface area contributed by atoms with E-state index in [1.807, 2.05) is 0 Å². The van der Waals surface area contributed by atoms with E-state index in [0.29, 0.717) is 37.0 Å². The standard InChI is InChI=1S/C25H35FN4O4/c26-20-15-19-22(16-21(20)28-17-9-3-1-4-10-17)29(18-11-6-7-12-18)25(34)30(24(19)33)27-14-8-2-5-13-23(31)32/h15-18,27-28H,1-14H2,(H,31,32). The van der Waals surface area contributed by atoms with Crippen LogP contribution < -0.4 is 22.0 Å². The Bertz CT molecular complexity index is 1130. The summed E-state index contributed by atoms with van der Waals surface area (Å²) >= 11 is 0. The first-order valence-electron chi connectivity index (χ1n) is 12.7. The van der Waals surface area contributed by atoms with Gasteiger partial charge in [0, 0.05) is 25.0 Å². The number of benzene rings is 1. The molecule has 0 saturated heterocycles. The molecule has 1 aromatic carbocycles. The lowest BCUT2D eigenvalue weighted by Crippen LogP contribution is -2.46. The molecule has 2 fully saturated rings. The number of carbonyl (C=O) groups is 1. The topological polar surface area (TPSA) is 105 Å². The molecule has 0 unspecified atom stereocenters. The Labute approximate surface area is 198 Å². The zero-order chi connectivity index (χ0) is 24.1. The van der Waals surface area contributed by atoms with Crippen LogP contribution in [0.4, 0.5) is 10.1 Å². The molecule has 2 aromatic rings. The summed E-state index contributed by atoms with van der Waals surface area (Å²) in [7, 11) is 0. The highest BCUT2D eigenvalue weighted by Gasteiger charge is 2.25. The van der Waals surface area contributed by atoms with Gasteiger partial charge in [-0.15, -0.1) is 0 Å². The second-order valence-electron chi connectivity index (χ2n) is 9.67. The molecule has 1 heterocycles. The summed E-state index contributed by atoms with van der Waals surface area (Å²) < 4.78 is 17.8. The van der Waals surface area contributed by atoms with Crippen LogP contribution in [0.2, 0.25) is 0 Å². The van der Waals surface area contributed by atoms with Gasteiger partial charge in [0.15, 0.2) is 0 Å². The quantitative estimate of drug-likeness (QED) is 0.442. The van der Waals surface area contributed by atoms with Crippen molar-refractivity contribution in [2.24, 2.45) is 0 Å². The number of carboxylic acid groups (broad SMARTS) is 1. The van der Waals surface area contributed by atoms with E-state index in [1.54, 1.807) is 10.6 Å². The Morgan fingerprint density at radius 1 is 1.00 bits per heavy atom. The third-order valence-corrected chi connectivity index (χ3v) is 7.17. The highest BCUT2D eigenvalue weighted by Crippen LogP contribution is 2.32. The van der Waals surface area contributed by atoms with Crippen LogP contribution in [0.15, 0.2) is 21.7 Å². The lowest BCUT2D eigenvalue weighted by molar-refractivity contribution is -0.137. The maximum absolute atomic E-state index is 15.1. The molecule has 34 heavy (non-hydrogen) atoms. The van der Waals surface area contributed by atoms with Crippen LogP contribution in [-0.4, -0.2) is 32.9 Å². The van der Waals surface area contributed by atoms with Gasteiger partial charge in [0.1, 0.15) is 5.82 Å². The van der Waals surface area contributed by atoms with E-state index < -0.39 is 23.0 Å². The number of hydrogen-bond donors (Lipinski definition) is 3. The van der Waals surface area contributed by atoms with Gasteiger partial charge in [-0.1, -0.05) is 38.5 Å². The number of halogens is 1. The Hall–Kier alpha value is -2.84. The summed E-state index contributed by atoms with van der Waals surface area (Å²) in [5, 5.41) is 12.3. The van der Waals surface area contributed by atoms with Crippen molar-refractivity contribution < 1.29 is 14.3 Å². The van der Waals surface area contributed by atoms with Crippen LogP contribution in [-0.2, 0) is 4.79 Å². The molecule has 1 aromatic heterocycles. The predicted octanol–water partition coefficient (Wildman–Crippen LogP) is 4.35. The normalized spacial score (nSPS) is 17.3. The molecule has 186 valence electrons. The van der Waals surface area contributed by atoms with Gasteiger partial charge >= 0.3 is 11.7 Å². The summed E-state index contributed by atoms with van der Waals surface area (Å²) in [5.74, 6) is -1.32. The molecule has 0 radical (unpaired) electrons. The molecule has 4 rings (SSSR count). The minimum atomic E-state index is -0.836. The summed E-state index contributed by atoms with van der Waals surface area (Å²) in [6.07, 6.45) is 11.1. The maximum atomic E-state index is 15.1. The zero-order valence-electron chi connectivity index (χ0n) is 19.7. The summed E-state index contributed by atoms with van der Waals surface area (Å²) in [6.45, 7) is 0.356. The molecule has 9 heteroatoms. The number of fused-ring (bicyclic) bond motifs is 1. The first-order valence-corrected chi connectivity index (χ1v) is 12.7. The van der Waals surface area contributed by atoms with Crippen LogP contribution in [0.25, 0.3) is 10.9 Å². The lowest BCUT2D eigenvalue weighted by Gasteiger charge is -2.25. The van der Waals surface area contributed by atoms with Gasteiger partial charge in [-0.25, -0.2) is 9.18 Å². The Morgan fingerprint density at radius 2 is 1.71 bits per heavy atom. The Balaban J connectivity index is 1.66. The molecule has 8 nitrogen and oxygen atoms in total. The fourth-order valence-corrected chi connectivity index (χ4v) is 5.35. The van der Waals surface area contributed by atoms with E-state index >= 15 is 4.39 Å². The number of carboxylic acids is 1. The van der Waals surface area contributed by atoms with Crippen molar-refractivity contribution >= 4 is 22.6 Å². The first-order chi connectivity index (χ1) is 16.5. The number of anilines is 1. The highest BCUT2D eigenvalue weighted by atomic mass is 19.1. The molecule has 0 spiro atoms. The van der Waals surface area contributed by atoms with Crippen LogP contribution in [0, 0.1) is 5.82 Å². The largest absolute Gasteiger partial charge is 0.481 e. The minimum absolute atomic E-state index is 0.0211. The van der Waals surface area contributed by atoms with E-state index in [0.717, 1.165) is 56.0 Å². The van der Waals surface area contributed by atoms with Crippen molar-refractivity contribution in [3.63, 3.8) is 0 Å². The maximum Gasteiger partial charge on any atom is 0.350 e.